The molecule has 4 heterocycles. The van der Waals surface area contributed by atoms with Crippen molar-refractivity contribution in [2.24, 2.45) is 23.7 Å². The molecule has 2 aromatic carbocycles. The van der Waals surface area contributed by atoms with Gasteiger partial charge in [-0.2, -0.15) is 0 Å². The van der Waals surface area contributed by atoms with Gasteiger partial charge in [-0.3, -0.25) is 9.59 Å². The van der Waals surface area contributed by atoms with Crippen LogP contribution in [0.1, 0.15) is 97.9 Å². The van der Waals surface area contributed by atoms with Gasteiger partial charge in [0.05, 0.1) is 35.9 Å². The molecular weight excluding hydrogens is 737 g/mol. The number of alkyl carbamates (subject to hydrolysis) is 1. The lowest BCUT2D eigenvalue weighted by atomic mass is 10.0. The molecule has 8 atom stereocenters. The summed E-state index contributed by atoms with van der Waals surface area (Å²) >= 11 is 0. The average Bonchev–Trinajstić information content (AvgIpc) is 3.76. The topological polar surface area (TPSA) is 186 Å². The van der Waals surface area contributed by atoms with Crippen LogP contribution in [0, 0.1) is 23.7 Å². The maximum absolute atomic E-state index is 14.0. The number of carbonyl (C=O) groups is 4. The number of fused-ring (bicyclic) bond motifs is 2. The molecule has 2 saturated carbocycles. The highest BCUT2D eigenvalue weighted by Crippen LogP contribution is 2.54. The normalized spacial score (nSPS) is 24.3. The summed E-state index contributed by atoms with van der Waals surface area (Å²) in [6.45, 7) is 13.0. The van der Waals surface area contributed by atoms with E-state index in [0.717, 1.165) is 65.1 Å². The standard InChI is InChI=1S/C44H54N8O6/c1-22(2)36(49-42(55)56)40(53)51-32-16-28(32)18-34(51)38-45-20-30(47-38)26-12-8-24(9-13-26)25-10-14-27(15-11-25)31-21-46-39(48-31)35-19-29-17-33(29)52(35)41(54)37(23(3)4)50-43(57)58-44(5,6)7/h8-15,20-23,28-29,32-37,49H,16-19H2,1-7H3,(H,45,47)(H,46,48)(H,50,57)(H,55,56)/t28-,29+,32-,33-,34+,35+,36-,37-/m1/s1. The van der Waals surface area contributed by atoms with Crippen molar-refractivity contribution >= 4 is 24.0 Å². The molecule has 0 bridgehead atoms. The van der Waals surface area contributed by atoms with E-state index in [0.29, 0.717) is 17.7 Å². The van der Waals surface area contributed by atoms with E-state index in [1.165, 1.54) is 0 Å². The number of amides is 4. The molecule has 14 nitrogen and oxygen atoms in total. The summed E-state index contributed by atoms with van der Waals surface area (Å²) in [7, 11) is 0. The maximum Gasteiger partial charge on any atom is 0.408 e. The largest absolute Gasteiger partial charge is 0.465 e. The predicted molar refractivity (Wildman–Crippen MR) is 217 cm³/mol. The summed E-state index contributed by atoms with van der Waals surface area (Å²) in [5.41, 5.74) is 5.10. The highest BCUT2D eigenvalue weighted by Gasteiger charge is 2.57. The van der Waals surface area contributed by atoms with Gasteiger partial charge in [0.1, 0.15) is 29.3 Å². The van der Waals surface area contributed by atoms with E-state index in [9.17, 15) is 24.3 Å². The molecule has 4 amide bonds. The van der Waals surface area contributed by atoms with Gasteiger partial charge >= 0.3 is 12.2 Å². The smallest absolute Gasteiger partial charge is 0.408 e. The minimum Gasteiger partial charge on any atom is -0.465 e. The van der Waals surface area contributed by atoms with Crippen LogP contribution in [-0.4, -0.2) is 88.6 Å². The third-order valence-corrected chi connectivity index (χ3v) is 12.1. The molecule has 0 unspecified atom stereocenters. The fourth-order valence-electron chi connectivity index (χ4n) is 8.94. The Labute approximate surface area is 338 Å². The number of benzene rings is 2. The van der Waals surface area contributed by atoms with Gasteiger partial charge in [-0.25, -0.2) is 19.6 Å². The lowest BCUT2D eigenvalue weighted by molar-refractivity contribution is -0.137. The van der Waals surface area contributed by atoms with Crippen molar-refractivity contribution in [3.05, 3.63) is 72.6 Å². The van der Waals surface area contributed by atoms with Gasteiger partial charge in [-0.05, 0) is 92.4 Å². The van der Waals surface area contributed by atoms with Crippen LogP contribution in [0.4, 0.5) is 9.59 Å². The molecule has 14 heteroatoms. The van der Waals surface area contributed by atoms with Gasteiger partial charge in [-0.15, -0.1) is 0 Å². The number of nitrogens with one attached hydrogen (secondary N) is 4. The van der Waals surface area contributed by atoms with Crippen LogP contribution in [0.15, 0.2) is 60.9 Å². The zero-order chi connectivity index (χ0) is 41.2. The molecule has 2 saturated heterocycles. The summed E-state index contributed by atoms with van der Waals surface area (Å²) in [4.78, 5) is 71.9. The molecule has 0 spiro atoms. The van der Waals surface area contributed by atoms with E-state index in [4.69, 9.17) is 14.7 Å². The summed E-state index contributed by atoms with van der Waals surface area (Å²) in [6.07, 6.45) is 5.38. The number of likely N-dealkylation sites (tertiary alicyclic amines) is 2. The number of piperidine rings is 2. The second kappa shape index (κ2) is 14.9. The number of imidazole rings is 2. The van der Waals surface area contributed by atoms with E-state index in [1.807, 2.05) is 43.7 Å². The first-order valence-corrected chi connectivity index (χ1v) is 20.5. The molecule has 2 aromatic heterocycles. The van der Waals surface area contributed by atoms with E-state index in [1.54, 1.807) is 27.0 Å². The first-order valence-electron chi connectivity index (χ1n) is 20.5. The zero-order valence-corrected chi connectivity index (χ0v) is 34.2. The van der Waals surface area contributed by atoms with E-state index in [2.05, 4.69) is 69.1 Å². The number of aromatic nitrogens is 4. The molecule has 2 aliphatic carbocycles. The molecule has 5 N–H and O–H groups in total. The fraction of sp³-hybridized carbons (Fsp3) is 0.500. The predicted octanol–water partition coefficient (Wildman–Crippen LogP) is 7.30. The molecule has 4 aliphatic rings. The van der Waals surface area contributed by atoms with Gasteiger partial charge < -0.3 is 40.2 Å². The van der Waals surface area contributed by atoms with Crippen LogP contribution >= 0.6 is 0 Å². The molecule has 306 valence electrons. The minimum atomic E-state index is -1.20. The van der Waals surface area contributed by atoms with Crippen molar-refractivity contribution in [2.45, 2.75) is 116 Å². The minimum absolute atomic E-state index is 0.104. The van der Waals surface area contributed by atoms with Gasteiger partial charge in [0.2, 0.25) is 11.8 Å². The van der Waals surface area contributed by atoms with E-state index in [-0.39, 0.29) is 47.8 Å². The van der Waals surface area contributed by atoms with Gasteiger partial charge in [0.15, 0.2) is 0 Å². The number of carbonyl (C=O) groups excluding carboxylic acids is 3. The van der Waals surface area contributed by atoms with Gasteiger partial charge in [0.25, 0.3) is 0 Å². The Morgan fingerprint density at radius 1 is 0.672 bits per heavy atom. The van der Waals surface area contributed by atoms with Crippen LogP contribution in [0.5, 0.6) is 0 Å². The monoisotopic (exact) mass is 790 g/mol. The molecular formula is C44H54N8O6. The zero-order valence-electron chi connectivity index (χ0n) is 34.2. The van der Waals surface area contributed by atoms with Crippen molar-refractivity contribution < 1.29 is 29.0 Å². The number of aromatic amines is 2. The Hall–Kier alpha value is -5.66. The second-order valence-corrected chi connectivity index (χ2v) is 18.2. The number of H-pyrrole nitrogens is 2. The average molecular weight is 791 g/mol. The van der Waals surface area contributed by atoms with Gasteiger partial charge in [-0.1, -0.05) is 76.2 Å². The molecule has 8 rings (SSSR count). The summed E-state index contributed by atoms with van der Waals surface area (Å²) in [5, 5.41) is 14.6. The summed E-state index contributed by atoms with van der Waals surface area (Å²) in [5.74, 6) is 1.72. The SMILES string of the molecule is CC(C)[C@@H](NC(=O)O)C(=O)N1[C@@H]2C[C@@H]2C[C@H]1c1ncc(-c2ccc(-c3ccc(-c4cnc([C@@H]5C[C@@H]6C[C@H]6N5C(=O)[C@H](NC(=O)OC(C)(C)C)C(C)C)[nH]4)cc3)cc2)[nH]1. The summed E-state index contributed by atoms with van der Waals surface area (Å²) < 4.78 is 5.47. The quantitative estimate of drug-likeness (QED) is 0.105. The van der Waals surface area contributed by atoms with Crippen molar-refractivity contribution in [1.82, 2.24) is 40.4 Å². The van der Waals surface area contributed by atoms with Crippen LogP contribution in [-0.2, 0) is 14.3 Å². The molecule has 58 heavy (non-hydrogen) atoms. The first kappa shape index (κ1) is 39.2. The van der Waals surface area contributed by atoms with Crippen LogP contribution in [0.25, 0.3) is 33.6 Å². The van der Waals surface area contributed by atoms with Crippen molar-refractivity contribution in [3.8, 4) is 33.6 Å². The van der Waals surface area contributed by atoms with Crippen LogP contribution < -0.4 is 10.6 Å². The second-order valence-electron chi connectivity index (χ2n) is 18.2. The third kappa shape index (κ3) is 7.80. The molecule has 2 aliphatic heterocycles. The Kier molecular flexibility index (Phi) is 10.1. The van der Waals surface area contributed by atoms with Crippen molar-refractivity contribution in [3.63, 3.8) is 0 Å². The number of rotatable bonds is 11. The Bertz CT molecular complexity index is 2190. The highest BCUT2D eigenvalue weighted by atomic mass is 16.6. The maximum atomic E-state index is 14.0. The van der Waals surface area contributed by atoms with Crippen LogP contribution in [0.3, 0.4) is 0 Å². The van der Waals surface area contributed by atoms with Gasteiger partial charge in [0, 0.05) is 12.1 Å². The number of hydrogen-bond acceptors (Lipinski definition) is 7. The molecule has 4 fully saturated rings. The summed E-state index contributed by atoms with van der Waals surface area (Å²) in [6, 6.07) is 14.9. The van der Waals surface area contributed by atoms with Crippen molar-refractivity contribution in [2.75, 3.05) is 0 Å². The number of ether oxygens (including phenoxy) is 1. The Morgan fingerprint density at radius 2 is 1.07 bits per heavy atom. The molecule has 0 radical (unpaired) electrons. The first-order chi connectivity index (χ1) is 27.6. The highest BCUT2D eigenvalue weighted by molar-refractivity contribution is 5.88. The number of nitrogens with zero attached hydrogens (tertiary/aromatic N) is 4. The van der Waals surface area contributed by atoms with Crippen molar-refractivity contribution in [1.29, 1.82) is 0 Å². The lowest BCUT2D eigenvalue weighted by Crippen LogP contribution is -2.52. The number of hydrogen-bond donors (Lipinski definition) is 5. The van der Waals surface area contributed by atoms with E-state index < -0.39 is 29.9 Å². The molecule has 4 aromatic rings. The lowest BCUT2D eigenvalue weighted by Gasteiger charge is -2.32. The van der Waals surface area contributed by atoms with E-state index >= 15 is 0 Å². The number of carboxylic acid groups (broad SMARTS) is 1. The third-order valence-electron chi connectivity index (χ3n) is 12.1. The fourth-order valence-corrected chi connectivity index (χ4v) is 8.94. The Balaban J connectivity index is 0.924. The van der Waals surface area contributed by atoms with Crippen LogP contribution in [0.2, 0.25) is 0 Å². The Morgan fingerprint density at radius 3 is 1.45 bits per heavy atom.